The minimum Gasteiger partial charge on any atom is -0.481 e. The molecule has 0 unspecified atom stereocenters. The largest absolute Gasteiger partial charge is 0.481 e. The van der Waals surface area contributed by atoms with Crippen LogP contribution in [0, 0.1) is 0 Å². The Morgan fingerprint density at radius 2 is 2.11 bits per heavy atom. The molecular formula is C14H12ClNO3. The third-order valence-electron chi connectivity index (χ3n) is 3.66. The van der Waals surface area contributed by atoms with E-state index in [-0.39, 0.29) is 0 Å². The van der Waals surface area contributed by atoms with Gasteiger partial charge in [0.2, 0.25) is 5.88 Å². The van der Waals surface area contributed by atoms with Crippen LogP contribution in [0.3, 0.4) is 0 Å². The number of aromatic nitrogens is 1. The highest BCUT2D eigenvalue weighted by Crippen LogP contribution is 2.51. The lowest BCUT2D eigenvalue weighted by Crippen LogP contribution is -2.19. The quantitative estimate of drug-likeness (QED) is 0.937. The number of carboxylic acid groups (broad SMARTS) is 1. The number of hydrogen-bond acceptors (Lipinski definition) is 3. The number of hydrogen-bond donors (Lipinski definition) is 1. The van der Waals surface area contributed by atoms with Crippen molar-refractivity contribution in [3.8, 4) is 5.88 Å². The molecule has 2 aromatic rings. The van der Waals surface area contributed by atoms with Gasteiger partial charge in [0.05, 0.1) is 23.1 Å². The van der Waals surface area contributed by atoms with Crippen LogP contribution in [0.4, 0.5) is 0 Å². The first-order valence-corrected chi connectivity index (χ1v) is 6.33. The summed E-state index contributed by atoms with van der Waals surface area (Å²) in [7, 11) is 1.55. The summed E-state index contributed by atoms with van der Waals surface area (Å²) in [6, 6.07) is 7.09. The third kappa shape index (κ3) is 1.75. The zero-order valence-corrected chi connectivity index (χ0v) is 11.1. The number of aliphatic carboxylic acids is 1. The minimum absolute atomic E-state index is 0.479. The van der Waals surface area contributed by atoms with Gasteiger partial charge in [-0.25, -0.2) is 4.98 Å². The second kappa shape index (κ2) is 4.10. The number of halogens is 1. The number of benzene rings is 1. The first-order valence-electron chi connectivity index (χ1n) is 5.95. The average Bonchev–Trinajstić information content (AvgIpc) is 3.20. The fourth-order valence-electron chi connectivity index (χ4n) is 2.36. The lowest BCUT2D eigenvalue weighted by atomic mass is 9.94. The summed E-state index contributed by atoms with van der Waals surface area (Å²) in [5.74, 6) is -0.300. The lowest BCUT2D eigenvalue weighted by molar-refractivity contribution is -0.140. The van der Waals surface area contributed by atoms with E-state index in [1.165, 1.54) is 0 Å². The van der Waals surface area contributed by atoms with Crippen LogP contribution in [-0.4, -0.2) is 23.2 Å². The highest BCUT2D eigenvalue weighted by Gasteiger charge is 2.53. The van der Waals surface area contributed by atoms with E-state index in [1.54, 1.807) is 25.3 Å². The van der Waals surface area contributed by atoms with Gasteiger partial charge < -0.3 is 9.84 Å². The van der Waals surface area contributed by atoms with Crippen LogP contribution in [0.2, 0.25) is 5.02 Å². The minimum atomic E-state index is -0.810. The predicted octanol–water partition coefficient (Wildman–Crippen LogP) is 3.01. The van der Waals surface area contributed by atoms with Gasteiger partial charge in [0.1, 0.15) is 0 Å². The topological polar surface area (TPSA) is 59.4 Å². The van der Waals surface area contributed by atoms with Crippen LogP contribution >= 0.6 is 11.6 Å². The van der Waals surface area contributed by atoms with E-state index in [4.69, 9.17) is 16.3 Å². The van der Waals surface area contributed by atoms with Gasteiger partial charge in [0.15, 0.2) is 0 Å². The maximum absolute atomic E-state index is 11.4. The molecule has 0 bridgehead atoms. The monoisotopic (exact) mass is 277 g/mol. The number of pyridine rings is 1. The number of fused-ring (bicyclic) bond motifs is 1. The molecule has 1 saturated carbocycles. The molecule has 19 heavy (non-hydrogen) atoms. The average molecular weight is 278 g/mol. The van der Waals surface area contributed by atoms with Crippen molar-refractivity contribution in [3.05, 3.63) is 34.9 Å². The normalized spacial score (nSPS) is 16.3. The zero-order valence-electron chi connectivity index (χ0n) is 10.3. The van der Waals surface area contributed by atoms with E-state index in [9.17, 15) is 9.90 Å². The van der Waals surface area contributed by atoms with Crippen molar-refractivity contribution < 1.29 is 14.6 Å². The maximum atomic E-state index is 11.4. The van der Waals surface area contributed by atoms with Crippen molar-refractivity contribution in [2.24, 2.45) is 0 Å². The molecule has 98 valence electrons. The molecule has 0 radical (unpaired) electrons. The molecule has 3 rings (SSSR count). The van der Waals surface area contributed by atoms with Gasteiger partial charge in [-0.1, -0.05) is 17.7 Å². The summed E-state index contributed by atoms with van der Waals surface area (Å²) in [6.45, 7) is 0. The first kappa shape index (κ1) is 12.2. The Bertz CT molecular complexity index is 680. The van der Waals surface area contributed by atoms with Crippen LogP contribution in [0.1, 0.15) is 18.4 Å². The summed E-state index contributed by atoms with van der Waals surface area (Å²) in [6.07, 6.45) is 1.27. The van der Waals surface area contributed by atoms with E-state index >= 15 is 0 Å². The number of carbonyl (C=O) groups is 1. The SMILES string of the molecule is COc1ccc2c(Cl)c(C3(C(=O)O)CC3)ccc2n1. The summed E-state index contributed by atoms with van der Waals surface area (Å²) < 4.78 is 5.06. The van der Waals surface area contributed by atoms with Crippen LogP contribution < -0.4 is 4.74 Å². The molecule has 0 spiro atoms. The Hall–Kier alpha value is -1.81. The summed E-state index contributed by atoms with van der Waals surface area (Å²) in [4.78, 5) is 15.7. The van der Waals surface area contributed by atoms with Crippen molar-refractivity contribution in [2.45, 2.75) is 18.3 Å². The predicted molar refractivity (Wildman–Crippen MR) is 71.9 cm³/mol. The molecule has 0 amide bonds. The highest BCUT2D eigenvalue weighted by atomic mass is 35.5. The van der Waals surface area contributed by atoms with Crippen molar-refractivity contribution >= 4 is 28.5 Å². The molecule has 0 saturated heterocycles. The molecule has 4 nitrogen and oxygen atoms in total. The molecule has 1 aliphatic rings. The van der Waals surface area contributed by atoms with Gasteiger partial charge in [-0.2, -0.15) is 0 Å². The molecule has 0 aliphatic heterocycles. The van der Waals surface area contributed by atoms with E-state index in [0.29, 0.717) is 34.8 Å². The standard InChI is InChI=1S/C14H12ClNO3/c1-19-11-5-2-8-10(16-11)4-3-9(12(8)15)14(6-7-14)13(17)18/h2-5H,6-7H2,1H3,(H,17,18). The van der Waals surface area contributed by atoms with Crippen LogP contribution in [0.25, 0.3) is 10.9 Å². The van der Waals surface area contributed by atoms with Gasteiger partial charge in [-0.15, -0.1) is 0 Å². The van der Waals surface area contributed by atoms with Crippen molar-refractivity contribution in [3.63, 3.8) is 0 Å². The van der Waals surface area contributed by atoms with E-state index in [2.05, 4.69) is 4.98 Å². The molecule has 1 heterocycles. The summed E-state index contributed by atoms with van der Waals surface area (Å²) in [5.41, 5.74) is 0.584. The summed E-state index contributed by atoms with van der Waals surface area (Å²) >= 11 is 6.36. The number of carboxylic acids is 1. The van der Waals surface area contributed by atoms with E-state index < -0.39 is 11.4 Å². The first-order chi connectivity index (χ1) is 9.08. The number of rotatable bonds is 3. The number of methoxy groups -OCH3 is 1. The third-order valence-corrected chi connectivity index (χ3v) is 4.07. The van der Waals surface area contributed by atoms with Gasteiger partial charge in [-0.05, 0) is 30.5 Å². The van der Waals surface area contributed by atoms with Crippen LogP contribution in [-0.2, 0) is 10.2 Å². The van der Waals surface area contributed by atoms with Gasteiger partial charge in [0, 0.05) is 11.5 Å². The highest BCUT2D eigenvalue weighted by molar-refractivity contribution is 6.36. The fraction of sp³-hybridized carbons (Fsp3) is 0.286. The van der Waals surface area contributed by atoms with E-state index in [1.807, 2.05) is 6.07 Å². The Balaban J connectivity index is 2.19. The van der Waals surface area contributed by atoms with Gasteiger partial charge in [0.25, 0.3) is 0 Å². The molecule has 1 aromatic heterocycles. The second-order valence-electron chi connectivity index (χ2n) is 4.73. The van der Waals surface area contributed by atoms with Crippen molar-refractivity contribution in [1.29, 1.82) is 0 Å². The lowest BCUT2D eigenvalue weighted by Gasteiger charge is -2.14. The Kier molecular flexibility index (Phi) is 2.64. The van der Waals surface area contributed by atoms with E-state index in [0.717, 1.165) is 5.39 Å². The maximum Gasteiger partial charge on any atom is 0.314 e. The molecule has 1 aliphatic carbocycles. The second-order valence-corrected chi connectivity index (χ2v) is 5.11. The van der Waals surface area contributed by atoms with Gasteiger partial charge >= 0.3 is 5.97 Å². The Morgan fingerprint density at radius 3 is 2.68 bits per heavy atom. The van der Waals surface area contributed by atoms with Crippen molar-refractivity contribution in [1.82, 2.24) is 4.98 Å². The molecule has 5 heteroatoms. The van der Waals surface area contributed by atoms with Crippen LogP contribution in [0.15, 0.2) is 24.3 Å². The molecule has 0 atom stereocenters. The van der Waals surface area contributed by atoms with Gasteiger partial charge in [-0.3, -0.25) is 4.79 Å². The molecule has 1 N–H and O–H groups in total. The molecule has 1 fully saturated rings. The molecular weight excluding hydrogens is 266 g/mol. The Morgan fingerprint density at radius 1 is 1.37 bits per heavy atom. The number of ether oxygens (including phenoxy) is 1. The summed E-state index contributed by atoms with van der Waals surface area (Å²) in [5, 5.41) is 10.6. The molecule has 1 aromatic carbocycles. The van der Waals surface area contributed by atoms with Crippen molar-refractivity contribution in [2.75, 3.05) is 7.11 Å². The fourth-order valence-corrected chi connectivity index (χ4v) is 2.76. The Labute approximate surface area is 115 Å². The van der Waals surface area contributed by atoms with Crippen LogP contribution in [0.5, 0.6) is 5.88 Å². The zero-order chi connectivity index (χ0) is 13.6. The smallest absolute Gasteiger partial charge is 0.314 e. The number of nitrogens with zero attached hydrogens (tertiary/aromatic N) is 1.